The van der Waals surface area contributed by atoms with Crippen LogP contribution in [0.25, 0.3) is 11.0 Å². The van der Waals surface area contributed by atoms with Crippen LogP contribution in [0.15, 0.2) is 16.9 Å². The van der Waals surface area contributed by atoms with Gasteiger partial charge in [-0.1, -0.05) is 0 Å². The average Bonchev–Trinajstić information content (AvgIpc) is 2.08. The van der Waals surface area contributed by atoms with Gasteiger partial charge in [-0.3, -0.25) is 4.79 Å². The molecule has 2 rings (SSSR count). The fourth-order valence-corrected chi connectivity index (χ4v) is 1.22. The van der Waals surface area contributed by atoms with Crippen molar-refractivity contribution < 1.29 is 8.78 Å². The second-order valence-corrected chi connectivity index (χ2v) is 2.97. The highest BCUT2D eigenvalue weighted by molar-refractivity contribution is 5.75. The third-order valence-electron chi connectivity index (χ3n) is 1.93. The summed E-state index contributed by atoms with van der Waals surface area (Å²) < 4.78 is 25.8. The van der Waals surface area contributed by atoms with E-state index in [1.165, 1.54) is 6.07 Å². The van der Waals surface area contributed by atoms with Gasteiger partial charge in [-0.15, -0.1) is 0 Å². The minimum absolute atomic E-state index is 0.0712. The second-order valence-electron chi connectivity index (χ2n) is 2.97. The standard InChI is InChI=1S/C9H6F2N2O/c1-4-2-5-6(10)3-7(11)12-8(5)13-9(4)14/h2-3H,1H3,(H,12,13,14). The zero-order valence-electron chi connectivity index (χ0n) is 7.27. The summed E-state index contributed by atoms with van der Waals surface area (Å²) in [5.74, 6) is -1.68. The molecule has 14 heavy (non-hydrogen) atoms. The first-order valence-electron chi connectivity index (χ1n) is 3.93. The third-order valence-corrected chi connectivity index (χ3v) is 1.93. The van der Waals surface area contributed by atoms with Crippen molar-refractivity contribution in [2.45, 2.75) is 6.92 Å². The summed E-state index contributed by atoms with van der Waals surface area (Å²) in [4.78, 5) is 16.8. The summed E-state index contributed by atoms with van der Waals surface area (Å²) in [5.41, 5.74) is -0.0992. The molecule has 1 N–H and O–H groups in total. The maximum absolute atomic E-state index is 13.2. The molecule has 5 heteroatoms. The van der Waals surface area contributed by atoms with Gasteiger partial charge in [0.25, 0.3) is 5.56 Å². The van der Waals surface area contributed by atoms with E-state index in [1.807, 2.05) is 0 Å². The van der Waals surface area contributed by atoms with Crippen molar-refractivity contribution in [1.82, 2.24) is 9.97 Å². The van der Waals surface area contributed by atoms with Crippen molar-refractivity contribution >= 4 is 11.0 Å². The molecular weight excluding hydrogens is 190 g/mol. The number of aromatic amines is 1. The van der Waals surface area contributed by atoms with Crippen LogP contribution in [0.5, 0.6) is 0 Å². The molecule has 3 nitrogen and oxygen atoms in total. The van der Waals surface area contributed by atoms with Crippen LogP contribution in [0, 0.1) is 18.7 Å². The predicted molar refractivity (Wildman–Crippen MR) is 47.0 cm³/mol. The molecule has 0 saturated heterocycles. The highest BCUT2D eigenvalue weighted by Crippen LogP contribution is 2.13. The first-order valence-corrected chi connectivity index (χ1v) is 3.93. The van der Waals surface area contributed by atoms with Gasteiger partial charge in [-0.2, -0.15) is 4.39 Å². The Morgan fingerprint density at radius 3 is 2.79 bits per heavy atom. The van der Waals surface area contributed by atoms with Gasteiger partial charge >= 0.3 is 0 Å². The maximum Gasteiger partial charge on any atom is 0.252 e. The molecule has 0 bridgehead atoms. The third kappa shape index (κ3) is 1.26. The molecule has 0 radical (unpaired) electrons. The van der Waals surface area contributed by atoms with Gasteiger partial charge in [0.2, 0.25) is 5.95 Å². The lowest BCUT2D eigenvalue weighted by atomic mass is 10.2. The van der Waals surface area contributed by atoms with Crippen LogP contribution in [0.2, 0.25) is 0 Å². The number of hydrogen-bond acceptors (Lipinski definition) is 2. The molecular formula is C9H6F2N2O. The van der Waals surface area contributed by atoms with Gasteiger partial charge in [0.15, 0.2) is 0 Å². The number of nitrogens with one attached hydrogen (secondary N) is 1. The summed E-state index contributed by atoms with van der Waals surface area (Å²) in [6.07, 6.45) is 0. The first kappa shape index (κ1) is 8.80. The quantitative estimate of drug-likeness (QED) is 0.649. The van der Waals surface area contributed by atoms with Crippen LogP contribution in [0.1, 0.15) is 5.56 Å². The van der Waals surface area contributed by atoms with Gasteiger partial charge < -0.3 is 4.98 Å². The van der Waals surface area contributed by atoms with E-state index in [0.29, 0.717) is 11.6 Å². The lowest BCUT2D eigenvalue weighted by Crippen LogP contribution is -2.10. The van der Waals surface area contributed by atoms with E-state index in [1.54, 1.807) is 6.92 Å². The van der Waals surface area contributed by atoms with Gasteiger partial charge in [-0.05, 0) is 13.0 Å². The van der Waals surface area contributed by atoms with Crippen molar-refractivity contribution in [1.29, 1.82) is 0 Å². The molecule has 2 heterocycles. The molecule has 2 aromatic heterocycles. The normalized spacial score (nSPS) is 10.8. The molecule has 0 aliphatic heterocycles. The number of aryl methyl sites for hydroxylation is 1. The largest absolute Gasteiger partial charge is 0.306 e. The van der Waals surface area contributed by atoms with Crippen molar-refractivity contribution in [3.8, 4) is 0 Å². The molecule has 2 aromatic rings. The summed E-state index contributed by atoms with van der Waals surface area (Å²) >= 11 is 0. The van der Waals surface area contributed by atoms with E-state index in [-0.39, 0.29) is 11.0 Å². The molecule has 0 fully saturated rings. The van der Waals surface area contributed by atoms with Crippen LogP contribution in [0.3, 0.4) is 0 Å². The molecule has 0 saturated carbocycles. The van der Waals surface area contributed by atoms with Crippen LogP contribution in [0.4, 0.5) is 8.78 Å². The number of rotatable bonds is 0. The fraction of sp³-hybridized carbons (Fsp3) is 0.111. The molecule has 0 spiro atoms. The SMILES string of the molecule is Cc1cc2c(F)cc(F)nc2[nH]c1=O. The fourth-order valence-electron chi connectivity index (χ4n) is 1.22. The smallest absolute Gasteiger partial charge is 0.252 e. The Kier molecular flexibility index (Phi) is 1.80. The summed E-state index contributed by atoms with van der Waals surface area (Å²) in [5, 5.41) is 0.114. The van der Waals surface area contributed by atoms with Gasteiger partial charge in [0, 0.05) is 11.6 Å². The number of hydrogen-bond donors (Lipinski definition) is 1. The predicted octanol–water partition coefficient (Wildman–Crippen LogP) is 1.51. The van der Waals surface area contributed by atoms with Crippen LogP contribution in [-0.4, -0.2) is 9.97 Å². The summed E-state index contributed by atoms with van der Waals surface area (Å²) in [6.45, 7) is 1.54. The Labute approximate surface area is 77.4 Å². The van der Waals surface area contributed by atoms with Crippen LogP contribution >= 0.6 is 0 Å². The molecule has 0 aliphatic rings. The zero-order valence-corrected chi connectivity index (χ0v) is 7.27. The zero-order chi connectivity index (χ0) is 10.3. The van der Waals surface area contributed by atoms with E-state index in [4.69, 9.17) is 0 Å². The number of aromatic nitrogens is 2. The van der Waals surface area contributed by atoms with E-state index in [9.17, 15) is 13.6 Å². The number of pyridine rings is 2. The Balaban J connectivity index is 2.96. The molecule has 0 atom stereocenters. The maximum atomic E-state index is 13.2. The van der Waals surface area contributed by atoms with Crippen molar-refractivity contribution in [2.24, 2.45) is 0 Å². The molecule has 72 valence electrons. The molecule has 0 amide bonds. The van der Waals surface area contributed by atoms with Crippen molar-refractivity contribution in [3.63, 3.8) is 0 Å². The minimum Gasteiger partial charge on any atom is -0.306 e. The van der Waals surface area contributed by atoms with Gasteiger partial charge in [0.05, 0.1) is 5.39 Å². The molecule has 0 aromatic carbocycles. The van der Waals surface area contributed by atoms with E-state index in [0.717, 1.165) is 0 Å². The first-order chi connectivity index (χ1) is 6.58. The average molecular weight is 196 g/mol. The van der Waals surface area contributed by atoms with Crippen LogP contribution < -0.4 is 5.56 Å². The van der Waals surface area contributed by atoms with Crippen molar-refractivity contribution in [2.75, 3.05) is 0 Å². The van der Waals surface area contributed by atoms with E-state index < -0.39 is 17.3 Å². The Morgan fingerprint density at radius 1 is 1.36 bits per heavy atom. The molecule has 0 aliphatic carbocycles. The van der Waals surface area contributed by atoms with E-state index in [2.05, 4.69) is 9.97 Å². The lowest BCUT2D eigenvalue weighted by Gasteiger charge is -1.99. The monoisotopic (exact) mass is 196 g/mol. The number of fused-ring (bicyclic) bond motifs is 1. The number of halogens is 2. The second kappa shape index (κ2) is 2.87. The van der Waals surface area contributed by atoms with Crippen LogP contribution in [-0.2, 0) is 0 Å². The van der Waals surface area contributed by atoms with Crippen molar-refractivity contribution in [3.05, 3.63) is 39.8 Å². The highest BCUT2D eigenvalue weighted by atomic mass is 19.1. The van der Waals surface area contributed by atoms with E-state index >= 15 is 0 Å². The summed E-state index contributed by atoms with van der Waals surface area (Å²) in [6, 6.07) is 2.02. The topological polar surface area (TPSA) is 45.8 Å². The van der Waals surface area contributed by atoms with Gasteiger partial charge in [-0.25, -0.2) is 9.37 Å². The number of H-pyrrole nitrogens is 1. The minimum atomic E-state index is -0.950. The number of nitrogens with zero attached hydrogens (tertiary/aromatic N) is 1. The Bertz CT molecular complexity index is 562. The lowest BCUT2D eigenvalue weighted by molar-refractivity contribution is 0.561. The highest BCUT2D eigenvalue weighted by Gasteiger charge is 2.07. The molecule has 0 unspecified atom stereocenters. The Hall–Kier alpha value is -1.78. The van der Waals surface area contributed by atoms with Gasteiger partial charge in [0.1, 0.15) is 11.5 Å². The summed E-state index contributed by atoms with van der Waals surface area (Å²) in [7, 11) is 0. The Morgan fingerprint density at radius 2 is 2.07 bits per heavy atom.